The van der Waals surface area contributed by atoms with E-state index in [1.54, 1.807) is 30.6 Å². The summed E-state index contributed by atoms with van der Waals surface area (Å²) in [6.07, 6.45) is 3.28. The van der Waals surface area contributed by atoms with Gasteiger partial charge in [-0.15, -0.1) is 10.2 Å². The Morgan fingerprint density at radius 3 is 2.54 bits per heavy atom. The number of sulfonamides is 1. The van der Waals surface area contributed by atoms with Crippen LogP contribution >= 0.6 is 11.8 Å². The monoisotopic (exact) mass is 366 g/mol. The molecule has 0 aromatic carbocycles. The Labute approximate surface area is 143 Å². The van der Waals surface area contributed by atoms with Crippen LogP contribution in [0.5, 0.6) is 0 Å². The Hall–Kier alpha value is -2.17. The largest absolute Gasteiger partial charge is 0.447 e. The normalized spacial score (nSPS) is 12.0. The van der Waals surface area contributed by atoms with Crippen LogP contribution in [0.3, 0.4) is 0 Å². The lowest BCUT2D eigenvalue weighted by Gasteiger charge is -2.07. The van der Waals surface area contributed by atoms with Gasteiger partial charge in [0, 0.05) is 32.1 Å². The van der Waals surface area contributed by atoms with E-state index in [1.165, 1.54) is 31.9 Å². The van der Waals surface area contributed by atoms with Crippen molar-refractivity contribution in [3.05, 3.63) is 42.4 Å². The summed E-state index contributed by atoms with van der Waals surface area (Å²) in [6.45, 7) is 0. The topological polar surface area (TPSA) is 102 Å². The number of furan rings is 1. The van der Waals surface area contributed by atoms with Crippen LogP contribution in [0.4, 0.5) is 0 Å². The third-order valence-electron chi connectivity index (χ3n) is 3.04. The van der Waals surface area contributed by atoms with Crippen molar-refractivity contribution in [1.82, 2.24) is 19.5 Å². The zero-order chi connectivity index (χ0) is 17.2. The van der Waals surface area contributed by atoms with Crippen molar-refractivity contribution in [2.75, 3.05) is 14.1 Å². The van der Waals surface area contributed by atoms with Crippen LogP contribution in [0, 0.1) is 0 Å². The summed E-state index contributed by atoms with van der Waals surface area (Å²) in [5.41, 5.74) is 0.779. The Bertz CT molecular complexity index is 919. The van der Waals surface area contributed by atoms with Crippen LogP contribution in [0.1, 0.15) is 5.76 Å². The number of thioether (sulfide) groups is 1. The molecule has 3 aromatic heterocycles. The summed E-state index contributed by atoms with van der Waals surface area (Å²) >= 11 is 1.26. The number of pyridine rings is 1. The fourth-order valence-electron chi connectivity index (χ4n) is 1.77. The van der Waals surface area contributed by atoms with Gasteiger partial charge in [-0.3, -0.25) is 4.98 Å². The lowest BCUT2D eigenvalue weighted by atomic mass is 10.3. The minimum Gasteiger partial charge on any atom is -0.447 e. The summed E-state index contributed by atoms with van der Waals surface area (Å²) in [6, 6.07) is 6.59. The molecule has 0 saturated carbocycles. The van der Waals surface area contributed by atoms with Gasteiger partial charge in [-0.05, 0) is 24.3 Å². The summed E-state index contributed by atoms with van der Waals surface area (Å²) < 4.78 is 35.9. The highest BCUT2D eigenvalue weighted by molar-refractivity contribution is 7.98. The molecule has 3 heterocycles. The second kappa shape index (κ2) is 6.75. The van der Waals surface area contributed by atoms with Gasteiger partial charge in [-0.25, -0.2) is 12.7 Å². The van der Waals surface area contributed by atoms with Crippen molar-refractivity contribution < 1.29 is 17.3 Å². The molecule has 10 heteroatoms. The van der Waals surface area contributed by atoms with Gasteiger partial charge >= 0.3 is 0 Å². The van der Waals surface area contributed by atoms with Gasteiger partial charge in [0.15, 0.2) is 0 Å². The molecule has 8 nitrogen and oxygen atoms in total. The van der Waals surface area contributed by atoms with Crippen LogP contribution < -0.4 is 0 Å². The van der Waals surface area contributed by atoms with Crippen molar-refractivity contribution in [3.8, 4) is 11.5 Å². The lowest BCUT2D eigenvalue weighted by molar-refractivity contribution is 0.407. The van der Waals surface area contributed by atoms with Gasteiger partial charge in [0.25, 0.3) is 15.2 Å². The quantitative estimate of drug-likeness (QED) is 0.612. The first-order chi connectivity index (χ1) is 11.5. The van der Waals surface area contributed by atoms with E-state index in [0.717, 1.165) is 9.87 Å². The van der Waals surface area contributed by atoms with E-state index in [9.17, 15) is 8.42 Å². The van der Waals surface area contributed by atoms with E-state index in [0.29, 0.717) is 22.6 Å². The fraction of sp³-hybridized carbons (Fsp3) is 0.214. The Kier molecular flexibility index (Phi) is 4.69. The molecule has 0 aliphatic rings. The molecule has 3 rings (SSSR count). The molecular formula is C14H14N4O4S2. The standard InChI is InChI=1S/C14H14N4O4S2/c1-18(2)24(19,20)12-4-3-11(21-12)9-23-14-17-16-13(22-14)10-5-7-15-8-6-10/h3-8H,9H2,1-2H3. The Balaban J connectivity index is 1.67. The minimum absolute atomic E-state index is 0.0916. The molecule has 0 unspecified atom stereocenters. The highest BCUT2D eigenvalue weighted by Crippen LogP contribution is 2.27. The van der Waals surface area contributed by atoms with E-state index >= 15 is 0 Å². The van der Waals surface area contributed by atoms with E-state index in [1.807, 2.05) is 0 Å². The molecular weight excluding hydrogens is 352 g/mol. The molecule has 126 valence electrons. The summed E-state index contributed by atoms with van der Waals surface area (Å²) in [5.74, 6) is 1.28. The first kappa shape index (κ1) is 16.7. The SMILES string of the molecule is CN(C)S(=O)(=O)c1ccc(CSc2nnc(-c3ccncc3)o2)o1. The van der Waals surface area contributed by atoms with Gasteiger partial charge in [-0.2, -0.15) is 0 Å². The average molecular weight is 366 g/mol. The number of rotatable bonds is 6. The Morgan fingerprint density at radius 1 is 1.08 bits per heavy atom. The first-order valence-corrected chi connectivity index (χ1v) is 9.27. The van der Waals surface area contributed by atoms with Gasteiger partial charge in [0.1, 0.15) is 5.76 Å². The van der Waals surface area contributed by atoms with E-state index < -0.39 is 10.0 Å². The molecule has 24 heavy (non-hydrogen) atoms. The molecule has 0 spiro atoms. The second-order valence-electron chi connectivity index (χ2n) is 4.91. The number of nitrogens with zero attached hydrogens (tertiary/aromatic N) is 4. The molecule has 0 aliphatic carbocycles. The van der Waals surface area contributed by atoms with Crippen molar-refractivity contribution >= 4 is 21.8 Å². The third-order valence-corrected chi connectivity index (χ3v) is 5.57. The maximum Gasteiger partial charge on any atom is 0.277 e. The summed E-state index contributed by atoms with van der Waals surface area (Å²) in [5, 5.41) is 8.20. The van der Waals surface area contributed by atoms with Crippen molar-refractivity contribution in [3.63, 3.8) is 0 Å². The third kappa shape index (κ3) is 3.50. The Morgan fingerprint density at radius 2 is 1.83 bits per heavy atom. The van der Waals surface area contributed by atoms with Crippen LogP contribution in [0.25, 0.3) is 11.5 Å². The van der Waals surface area contributed by atoms with Gasteiger partial charge in [0.2, 0.25) is 11.0 Å². The highest BCUT2D eigenvalue weighted by Gasteiger charge is 2.21. The van der Waals surface area contributed by atoms with E-state index in [-0.39, 0.29) is 5.09 Å². The molecule has 3 aromatic rings. The average Bonchev–Trinajstić information content (AvgIpc) is 3.23. The van der Waals surface area contributed by atoms with Crippen LogP contribution in [0.15, 0.2) is 55.8 Å². The van der Waals surface area contributed by atoms with E-state index in [2.05, 4.69) is 15.2 Å². The number of hydrogen-bond donors (Lipinski definition) is 0. The van der Waals surface area contributed by atoms with Gasteiger partial charge in [0.05, 0.1) is 5.75 Å². The smallest absolute Gasteiger partial charge is 0.277 e. The maximum atomic E-state index is 12.0. The highest BCUT2D eigenvalue weighted by atomic mass is 32.2. The zero-order valence-electron chi connectivity index (χ0n) is 12.9. The molecule has 0 bridgehead atoms. The molecule has 0 aliphatic heterocycles. The first-order valence-electron chi connectivity index (χ1n) is 6.85. The van der Waals surface area contributed by atoms with Crippen molar-refractivity contribution in [1.29, 1.82) is 0 Å². The van der Waals surface area contributed by atoms with E-state index in [4.69, 9.17) is 8.83 Å². The summed E-state index contributed by atoms with van der Waals surface area (Å²) in [7, 11) is -0.671. The van der Waals surface area contributed by atoms with Crippen LogP contribution in [0.2, 0.25) is 0 Å². The fourth-order valence-corrected chi connectivity index (χ4v) is 3.24. The minimum atomic E-state index is -3.57. The number of hydrogen-bond acceptors (Lipinski definition) is 8. The molecule has 0 radical (unpaired) electrons. The van der Waals surface area contributed by atoms with Crippen molar-refractivity contribution in [2.24, 2.45) is 0 Å². The summed E-state index contributed by atoms with van der Waals surface area (Å²) in [4.78, 5) is 3.93. The van der Waals surface area contributed by atoms with Gasteiger partial charge in [-0.1, -0.05) is 11.8 Å². The van der Waals surface area contributed by atoms with Crippen LogP contribution in [-0.2, 0) is 15.8 Å². The molecule has 0 saturated heterocycles. The molecule has 0 amide bonds. The van der Waals surface area contributed by atoms with Gasteiger partial charge < -0.3 is 8.83 Å². The maximum absolute atomic E-state index is 12.0. The second-order valence-corrected chi connectivity index (χ2v) is 7.92. The zero-order valence-corrected chi connectivity index (χ0v) is 14.5. The molecule has 0 atom stereocenters. The van der Waals surface area contributed by atoms with Crippen molar-refractivity contribution in [2.45, 2.75) is 16.1 Å². The molecule has 0 N–H and O–H groups in total. The van der Waals surface area contributed by atoms with Crippen LogP contribution in [-0.4, -0.2) is 42.0 Å². The predicted molar refractivity (Wildman–Crippen MR) is 86.7 cm³/mol. The number of aromatic nitrogens is 3. The predicted octanol–water partition coefficient (Wildman–Crippen LogP) is 2.27. The molecule has 0 fully saturated rings. The lowest BCUT2D eigenvalue weighted by Crippen LogP contribution is -2.21.